The van der Waals surface area contributed by atoms with Crippen LogP contribution in [0, 0.1) is 0 Å². The third kappa shape index (κ3) is 4.36. The SMILES string of the molecule is CC(Cl)(CCl)OC(N)=O. The van der Waals surface area contributed by atoms with Gasteiger partial charge in [-0.15, -0.1) is 11.6 Å². The Balaban J connectivity index is 3.71. The molecule has 0 fully saturated rings. The van der Waals surface area contributed by atoms with E-state index in [2.05, 4.69) is 10.5 Å². The number of hydrogen-bond donors (Lipinski definition) is 1. The summed E-state index contributed by atoms with van der Waals surface area (Å²) in [5.41, 5.74) is 4.65. The number of amides is 1. The van der Waals surface area contributed by atoms with Crippen molar-refractivity contribution < 1.29 is 9.53 Å². The van der Waals surface area contributed by atoms with E-state index in [1.807, 2.05) is 0 Å². The molecule has 3 nitrogen and oxygen atoms in total. The van der Waals surface area contributed by atoms with Gasteiger partial charge in [0.25, 0.3) is 0 Å². The van der Waals surface area contributed by atoms with Crippen molar-refractivity contribution in [2.24, 2.45) is 5.73 Å². The van der Waals surface area contributed by atoms with Gasteiger partial charge >= 0.3 is 6.09 Å². The molecular formula is C4H7Cl2NO2. The summed E-state index contributed by atoms with van der Waals surface area (Å²) in [4.78, 5) is 10.0. The van der Waals surface area contributed by atoms with E-state index in [-0.39, 0.29) is 5.88 Å². The monoisotopic (exact) mass is 171 g/mol. The molecule has 0 aromatic rings. The molecule has 0 radical (unpaired) electrons. The van der Waals surface area contributed by atoms with Crippen LogP contribution in [0.4, 0.5) is 4.79 Å². The Hall–Kier alpha value is -0.150. The molecule has 0 aliphatic heterocycles. The quantitative estimate of drug-likeness (QED) is 0.637. The number of nitrogens with two attached hydrogens (primary N) is 1. The number of carbonyl (C=O) groups excluding carboxylic acids is 1. The molecule has 9 heavy (non-hydrogen) atoms. The fourth-order valence-corrected chi connectivity index (χ4v) is 0.368. The first-order chi connectivity index (χ1) is 3.98. The van der Waals surface area contributed by atoms with E-state index in [1.54, 1.807) is 0 Å². The minimum absolute atomic E-state index is 0.0114. The first-order valence-corrected chi connectivity index (χ1v) is 3.12. The molecule has 0 aliphatic rings. The molecular weight excluding hydrogens is 165 g/mol. The lowest BCUT2D eigenvalue weighted by Crippen LogP contribution is -2.30. The Bertz CT molecular complexity index is 115. The van der Waals surface area contributed by atoms with Gasteiger partial charge in [-0.25, -0.2) is 4.79 Å². The normalized spacial score (nSPS) is 16.3. The number of ether oxygens (including phenoxy) is 1. The number of halogens is 2. The largest absolute Gasteiger partial charge is 0.426 e. The Morgan fingerprint density at radius 1 is 1.89 bits per heavy atom. The molecule has 2 N–H and O–H groups in total. The van der Waals surface area contributed by atoms with Crippen LogP contribution in [0.3, 0.4) is 0 Å². The van der Waals surface area contributed by atoms with Crippen LogP contribution in [0.25, 0.3) is 0 Å². The summed E-state index contributed by atoms with van der Waals surface area (Å²) in [6.07, 6.45) is -0.923. The van der Waals surface area contributed by atoms with E-state index >= 15 is 0 Å². The lowest BCUT2D eigenvalue weighted by Gasteiger charge is -2.16. The highest BCUT2D eigenvalue weighted by Gasteiger charge is 2.22. The third-order valence-corrected chi connectivity index (χ3v) is 1.41. The van der Waals surface area contributed by atoms with Crippen LogP contribution in [-0.2, 0) is 4.74 Å². The number of alkyl halides is 2. The summed E-state index contributed by atoms with van der Waals surface area (Å²) in [6.45, 7) is 1.45. The second-order valence-electron chi connectivity index (χ2n) is 1.66. The standard InChI is InChI=1S/C4H7Cl2NO2/c1-4(6,2-5)9-3(7)8/h2H2,1H3,(H2,7,8). The van der Waals surface area contributed by atoms with Crippen molar-refractivity contribution in [2.45, 2.75) is 12.0 Å². The van der Waals surface area contributed by atoms with Crippen molar-refractivity contribution in [2.75, 3.05) is 5.88 Å². The first kappa shape index (κ1) is 8.85. The molecule has 0 saturated carbocycles. The summed E-state index contributed by atoms with van der Waals surface area (Å²) in [7, 11) is 0. The topological polar surface area (TPSA) is 52.3 Å². The van der Waals surface area contributed by atoms with Crippen molar-refractivity contribution in [3.8, 4) is 0 Å². The molecule has 0 aromatic heterocycles. The van der Waals surface area contributed by atoms with Gasteiger partial charge in [0.15, 0.2) is 5.06 Å². The lowest BCUT2D eigenvalue weighted by molar-refractivity contribution is 0.104. The van der Waals surface area contributed by atoms with Gasteiger partial charge in [0.1, 0.15) is 0 Å². The minimum atomic E-state index is -1.17. The van der Waals surface area contributed by atoms with E-state index in [1.165, 1.54) is 6.92 Å². The summed E-state index contributed by atoms with van der Waals surface area (Å²) in [6, 6.07) is 0. The zero-order valence-corrected chi connectivity index (χ0v) is 6.37. The van der Waals surface area contributed by atoms with Crippen LogP contribution in [-0.4, -0.2) is 17.0 Å². The molecule has 1 atom stereocenters. The maximum absolute atomic E-state index is 10.0. The number of rotatable bonds is 2. The second kappa shape index (κ2) is 3.13. The van der Waals surface area contributed by atoms with Crippen molar-refractivity contribution in [1.82, 2.24) is 0 Å². The van der Waals surface area contributed by atoms with Gasteiger partial charge in [-0.1, -0.05) is 11.6 Å². The van der Waals surface area contributed by atoms with Gasteiger partial charge in [0.2, 0.25) is 0 Å². The van der Waals surface area contributed by atoms with Crippen LogP contribution >= 0.6 is 23.2 Å². The molecule has 0 spiro atoms. The van der Waals surface area contributed by atoms with Gasteiger partial charge in [-0.05, 0) is 6.92 Å². The fraction of sp³-hybridized carbons (Fsp3) is 0.750. The molecule has 5 heteroatoms. The highest BCUT2D eigenvalue weighted by molar-refractivity contribution is 6.30. The van der Waals surface area contributed by atoms with Gasteiger partial charge in [0, 0.05) is 0 Å². The number of hydrogen-bond acceptors (Lipinski definition) is 2. The summed E-state index contributed by atoms with van der Waals surface area (Å²) in [5, 5.41) is -1.17. The van der Waals surface area contributed by atoms with Crippen molar-refractivity contribution >= 4 is 29.3 Å². The maximum Gasteiger partial charge on any atom is 0.406 e. The third-order valence-electron chi connectivity index (χ3n) is 0.552. The molecule has 1 unspecified atom stereocenters. The highest BCUT2D eigenvalue weighted by atomic mass is 35.5. The molecule has 0 bridgehead atoms. The van der Waals surface area contributed by atoms with Crippen LogP contribution in [0.1, 0.15) is 6.92 Å². The lowest BCUT2D eigenvalue weighted by atomic mass is 10.5. The second-order valence-corrected chi connectivity index (χ2v) is 2.72. The Labute approximate surface area is 63.1 Å². The smallest absolute Gasteiger partial charge is 0.406 e. The predicted molar refractivity (Wildman–Crippen MR) is 35.6 cm³/mol. The summed E-state index contributed by atoms with van der Waals surface area (Å²) in [5.74, 6) is 0.0114. The zero-order valence-electron chi connectivity index (χ0n) is 4.86. The molecule has 0 saturated heterocycles. The van der Waals surface area contributed by atoms with E-state index in [4.69, 9.17) is 23.2 Å². The average Bonchev–Trinajstić information content (AvgIpc) is 1.63. The molecule has 1 amide bonds. The molecule has 0 heterocycles. The van der Waals surface area contributed by atoms with Gasteiger partial charge in [-0.2, -0.15) is 0 Å². The van der Waals surface area contributed by atoms with Crippen LogP contribution in [0.5, 0.6) is 0 Å². The Morgan fingerprint density at radius 2 is 2.33 bits per heavy atom. The summed E-state index contributed by atoms with van der Waals surface area (Å²) < 4.78 is 4.36. The Morgan fingerprint density at radius 3 is 2.44 bits per heavy atom. The minimum Gasteiger partial charge on any atom is -0.426 e. The molecule has 54 valence electrons. The van der Waals surface area contributed by atoms with E-state index in [9.17, 15) is 4.79 Å². The molecule has 0 aliphatic carbocycles. The van der Waals surface area contributed by atoms with Crippen molar-refractivity contribution in [3.63, 3.8) is 0 Å². The van der Waals surface area contributed by atoms with Crippen molar-refractivity contribution in [1.29, 1.82) is 0 Å². The van der Waals surface area contributed by atoms with Crippen LogP contribution < -0.4 is 5.73 Å². The van der Waals surface area contributed by atoms with Gasteiger partial charge in [0.05, 0.1) is 5.88 Å². The van der Waals surface area contributed by atoms with E-state index in [0.29, 0.717) is 0 Å². The van der Waals surface area contributed by atoms with E-state index in [0.717, 1.165) is 0 Å². The van der Waals surface area contributed by atoms with Gasteiger partial charge < -0.3 is 10.5 Å². The van der Waals surface area contributed by atoms with E-state index < -0.39 is 11.2 Å². The first-order valence-electron chi connectivity index (χ1n) is 2.21. The number of primary amides is 1. The summed E-state index contributed by atoms with van der Waals surface area (Å²) >= 11 is 10.7. The predicted octanol–water partition coefficient (Wildman–Crippen LogP) is 1.28. The maximum atomic E-state index is 10.0. The van der Waals surface area contributed by atoms with Crippen LogP contribution in [0.15, 0.2) is 0 Å². The highest BCUT2D eigenvalue weighted by Crippen LogP contribution is 2.16. The number of carbonyl (C=O) groups is 1. The molecule has 0 aromatic carbocycles. The zero-order chi connectivity index (χ0) is 7.49. The molecule has 0 rings (SSSR count). The fourth-order valence-electron chi connectivity index (χ4n) is 0.237. The van der Waals surface area contributed by atoms with Crippen molar-refractivity contribution in [3.05, 3.63) is 0 Å². The Kier molecular flexibility index (Phi) is 3.08. The van der Waals surface area contributed by atoms with Gasteiger partial charge in [-0.3, -0.25) is 0 Å². The average molecular weight is 172 g/mol. The van der Waals surface area contributed by atoms with Crippen LogP contribution in [0.2, 0.25) is 0 Å².